The van der Waals surface area contributed by atoms with Crippen LogP contribution < -0.4 is 5.73 Å². The van der Waals surface area contributed by atoms with Crippen LogP contribution in [0, 0.1) is 0 Å². The molecule has 0 saturated carbocycles. The number of hydrogen-bond donors (Lipinski definition) is 1. The van der Waals surface area contributed by atoms with E-state index in [0.29, 0.717) is 6.42 Å². The zero-order valence-electron chi connectivity index (χ0n) is 7.68. The predicted molar refractivity (Wildman–Crippen MR) is 51.6 cm³/mol. The van der Waals surface area contributed by atoms with Gasteiger partial charge in [-0.2, -0.15) is 0 Å². The first-order chi connectivity index (χ1) is 5.70. The second-order valence-electron chi connectivity index (χ2n) is 2.74. The monoisotopic (exact) mass is 167 g/mol. The Morgan fingerprint density at radius 3 is 2.50 bits per heavy atom. The highest BCUT2D eigenvalue weighted by atomic mass is 16.1. The largest absolute Gasteiger partial charge is 0.370 e. The van der Waals surface area contributed by atoms with E-state index in [9.17, 15) is 4.79 Å². The Bertz CT molecular complexity index is 182. The molecule has 0 fully saturated rings. The van der Waals surface area contributed by atoms with E-state index >= 15 is 0 Å². The number of amides is 1. The van der Waals surface area contributed by atoms with Crippen LogP contribution in [0.25, 0.3) is 0 Å². The highest BCUT2D eigenvalue weighted by molar-refractivity contribution is 5.73. The van der Waals surface area contributed by atoms with Crippen molar-refractivity contribution in [3.05, 3.63) is 24.3 Å². The van der Waals surface area contributed by atoms with Gasteiger partial charge in [-0.05, 0) is 26.2 Å². The van der Waals surface area contributed by atoms with Crippen LogP contribution in [0.4, 0.5) is 0 Å². The molecule has 12 heavy (non-hydrogen) atoms. The van der Waals surface area contributed by atoms with Crippen molar-refractivity contribution >= 4 is 5.91 Å². The molecule has 68 valence electrons. The zero-order chi connectivity index (χ0) is 9.40. The summed E-state index contributed by atoms with van der Waals surface area (Å²) in [6.07, 6.45) is 7.14. The molecule has 0 saturated heterocycles. The minimum atomic E-state index is -0.229. The van der Waals surface area contributed by atoms with Crippen LogP contribution in [0.5, 0.6) is 0 Å². The number of hydrogen-bond acceptors (Lipinski definition) is 1. The summed E-state index contributed by atoms with van der Waals surface area (Å²) in [4.78, 5) is 10.5. The molecule has 2 heteroatoms. The first-order valence-electron chi connectivity index (χ1n) is 4.24. The molecule has 0 spiro atoms. The molecule has 0 aliphatic carbocycles. The number of rotatable bonds is 6. The van der Waals surface area contributed by atoms with Crippen LogP contribution in [0.1, 0.15) is 32.6 Å². The van der Waals surface area contributed by atoms with E-state index in [1.165, 1.54) is 5.57 Å². The smallest absolute Gasteiger partial charge is 0.217 e. The zero-order valence-corrected chi connectivity index (χ0v) is 7.68. The normalized spacial score (nSPS) is 11.2. The Morgan fingerprint density at radius 1 is 1.42 bits per heavy atom. The van der Waals surface area contributed by atoms with E-state index in [0.717, 1.165) is 19.3 Å². The summed E-state index contributed by atoms with van der Waals surface area (Å²) in [5.41, 5.74) is 6.32. The third kappa shape index (κ3) is 5.71. The summed E-state index contributed by atoms with van der Waals surface area (Å²) >= 11 is 0. The van der Waals surface area contributed by atoms with Crippen molar-refractivity contribution in [1.29, 1.82) is 0 Å². The van der Waals surface area contributed by atoms with Gasteiger partial charge >= 0.3 is 0 Å². The number of carbonyl (C=O) groups is 1. The summed E-state index contributed by atoms with van der Waals surface area (Å²) in [6, 6.07) is 0. The van der Waals surface area contributed by atoms with E-state index in [-0.39, 0.29) is 5.91 Å². The second kappa shape index (κ2) is 6.65. The summed E-state index contributed by atoms with van der Waals surface area (Å²) in [7, 11) is 0. The molecule has 2 nitrogen and oxygen atoms in total. The van der Waals surface area contributed by atoms with Crippen LogP contribution in [0.15, 0.2) is 24.3 Å². The molecule has 0 bridgehead atoms. The highest BCUT2D eigenvalue weighted by Crippen LogP contribution is 2.11. The average molecular weight is 167 g/mol. The van der Waals surface area contributed by atoms with Gasteiger partial charge in [0.2, 0.25) is 5.91 Å². The topological polar surface area (TPSA) is 43.1 Å². The van der Waals surface area contributed by atoms with Crippen molar-refractivity contribution < 1.29 is 4.79 Å². The Labute approximate surface area is 74.1 Å². The molecule has 0 unspecified atom stereocenters. The van der Waals surface area contributed by atoms with Gasteiger partial charge in [0.1, 0.15) is 0 Å². The summed E-state index contributed by atoms with van der Waals surface area (Å²) in [5, 5.41) is 0. The standard InChI is InChI=1S/C10H17NO/c1-3-5-6-9(4-2)7-8-10(11)12/h3-4H,1,5-8H2,2H3,(H2,11,12)/b9-4+. The van der Waals surface area contributed by atoms with E-state index in [1.807, 2.05) is 19.1 Å². The van der Waals surface area contributed by atoms with E-state index in [1.54, 1.807) is 0 Å². The van der Waals surface area contributed by atoms with Crippen molar-refractivity contribution in [2.24, 2.45) is 5.73 Å². The molecule has 0 aliphatic heterocycles. The van der Waals surface area contributed by atoms with Gasteiger partial charge in [0, 0.05) is 6.42 Å². The lowest BCUT2D eigenvalue weighted by Gasteiger charge is -2.02. The number of allylic oxidation sites excluding steroid dienone is 3. The van der Waals surface area contributed by atoms with Crippen LogP contribution in [0.2, 0.25) is 0 Å². The van der Waals surface area contributed by atoms with Crippen molar-refractivity contribution in [1.82, 2.24) is 0 Å². The molecule has 0 rings (SSSR count). The van der Waals surface area contributed by atoms with Gasteiger partial charge in [0.25, 0.3) is 0 Å². The van der Waals surface area contributed by atoms with Crippen LogP contribution >= 0.6 is 0 Å². The maximum absolute atomic E-state index is 10.5. The Hall–Kier alpha value is -1.05. The molecule has 1 amide bonds. The van der Waals surface area contributed by atoms with Gasteiger partial charge in [-0.25, -0.2) is 0 Å². The average Bonchev–Trinajstić information content (AvgIpc) is 2.05. The molecule has 0 aromatic heterocycles. The third-order valence-electron chi connectivity index (χ3n) is 1.77. The lowest BCUT2D eigenvalue weighted by molar-refractivity contribution is -0.117. The minimum Gasteiger partial charge on any atom is -0.370 e. The lowest BCUT2D eigenvalue weighted by Crippen LogP contribution is -2.10. The maximum Gasteiger partial charge on any atom is 0.217 e. The van der Waals surface area contributed by atoms with Crippen molar-refractivity contribution in [3.63, 3.8) is 0 Å². The van der Waals surface area contributed by atoms with Gasteiger partial charge in [-0.15, -0.1) is 6.58 Å². The minimum absolute atomic E-state index is 0.229. The molecular weight excluding hydrogens is 150 g/mol. The van der Waals surface area contributed by atoms with Crippen molar-refractivity contribution in [2.45, 2.75) is 32.6 Å². The molecule has 2 N–H and O–H groups in total. The third-order valence-corrected chi connectivity index (χ3v) is 1.77. The van der Waals surface area contributed by atoms with Gasteiger partial charge in [0.05, 0.1) is 0 Å². The number of primary amides is 1. The molecule has 0 atom stereocenters. The molecule has 0 heterocycles. The van der Waals surface area contributed by atoms with E-state index in [4.69, 9.17) is 5.73 Å². The first kappa shape index (κ1) is 11.0. The second-order valence-corrected chi connectivity index (χ2v) is 2.74. The summed E-state index contributed by atoms with van der Waals surface area (Å²) < 4.78 is 0. The van der Waals surface area contributed by atoms with Crippen LogP contribution in [-0.4, -0.2) is 5.91 Å². The molecular formula is C10H17NO. The van der Waals surface area contributed by atoms with Crippen LogP contribution in [0.3, 0.4) is 0 Å². The van der Waals surface area contributed by atoms with Gasteiger partial charge in [-0.1, -0.05) is 17.7 Å². The molecule has 0 aromatic rings. The fourth-order valence-electron chi connectivity index (χ4n) is 0.985. The molecule has 0 aromatic carbocycles. The Morgan fingerprint density at radius 2 is 2.08 bits per heavy atom. The Balaban J connectivity index is 3.69. The van der Waals surface area contributed by atoms with Gasteiger partial charge in [0.15, 0.2) is 0 Å². The number of nitrogens with two attached hydrogens (primary N) is 1. The Kier molecular flexibility index (Phi) is 6.07. The maximum atomic E-state index is 10.5. The highest BCUT2D eigenvalue weighted by Gasteiger charge is 1.98. The van der Waals surface area contributed by atoms with Crippen molar-refractivity contribution in [2.75, 3.05) is 0 Å². The van der Waals surface area contributed by atoms with Gasteiger partial charge < -0.3 is 5.73 Å². The number of carbonyl (C=O) groups excluding carboxylic acids is 1. The molecule has 0 radical (unpaired) electrons. The van der Waals surface area contributed by atoms with Gasteiger partial charge in [-0.3, -0.25) is 4.79 Å². The van der Waals surface area contributed by atoms with E-state index in [2.05, 4.69) is 6.58 Å². The summed E-state index contributed by atoms with van der Waals surface area (Å²) in [5.74, 6) is -0.229. The van der Waals surface area contributed by atoms with E-state index < -0.39 is 0 Å². The fraction of sp³-hybridized carbons (Fsp3) is 0.500. The van der Waals surface area contributed by atoms with Crippen molar-refractivity contribution in [3.8, 4) is 0 Å². The lowest BCUT2D eigenvalue weighted by atomic mass is 10.0. The SMILES string of the molecule is C=CCC/C(=C\C)CCC(N)=O. The fourth-order valence-corrected chi connectivity index (χ4v) is 0.985. The quantitative estimate of drug-likeness (QED) is 0.605. The van der Waals surface area contributed by atoms with Crippen LogP contribution in [-0.2, 0) is 4.79 Å². The molecule has 0 aliphatic rings. The predicted octanol–water partition coefficient (Wildman–Crippen LogP) is 2.16. The first-order valence-corrected chi connectivity index (χ1v) is 4.24. The summed E-state index contributed by atoms with van der Waals surface area (Å²) in [6.45, 7) is 5.63.